The van der Waals surface area contributed by atoms with Crippen LogP contribution in [0.4, 0.5) is 5.69 Å². The van der Waals surface area contributed by atoms with Crippen LogP contribution in [0.1, 0.15) is 58.8 Å². The van der Waals surface area contributed by atoms with Crippen LogP contribution in [-0.4, -0.2) is 44.0 Å². The normalized spacial score (nSPS) is 18.2. The molecular weight excluding hydrogens is 358 g/mol. The van der Waals surface area contributed by atoms with Crippen LogP contribution in [-0.2, 0) is 6.42 Å². The van der Waals surface area contributed by atoms with Crippen molar-refractivity contribution in [2.45, 2.75) is 45.1 Å². The van der Waals surface area contributed by atoms with Crippen LogP contribution in [0.3, 0.4) is 0 Å². The van der Waals surface area contributed by atoms with Crippen molar-refractivity contribution in [3.63, 3.8) is 0 Å². The van der Waals surface area contributed by atoms with Crippen LogP contribution in [0.5, 0.6) is 0 Å². The lowest BCUT2D eigenvalue weighted by Crippen LogP contribution is -2.40. The van der Waals surface area contributed by atoms with Gasteiger partial charge in [0.2, 0.25) is 0 Å². The van der Waals surface area contributed by atoms with Crippen molar-refractivity contribution in [2.75, 3.05) is 38.1 Å². The fourth-order valence-corrected chi connectivity index (χ4v) is 4.70. The molecule has 4 nitrogen and oxygen atoms in total. The minimum atomic E-state index is 0.0182. The highest BCUT2D eigenvalue weighted by Gasteiger charge is 2.25. The van der Waals surface area contributed by atoms with E-state index in [0.717, 1.165) is 31.6 Å². The molecule has 29 heavy (non-hydrogen) atoms. The molecule has 1 N–H and O–H groups in total. The molecule has 1 amide bonds. The van der Waals surface area contributed by atoms with E-state index in [4.69, 9.17) is 0 Å². The number of nitrogens with zero attached hydrogens (tertiary/aromatic N) is 2. The SMILES string of the molecule is Cc1ccc(C(=O)NC[C@H](c2ccc3c(c2)CCCN3C)N2CCCCC2)cc1. The predicted octanol–water partition coefficient (Wildman–Crippen LogP) is 4.33. The molecular formula is C25H33N3O. The summed E-state index contributed by atoms with van der Waals surface area (Å²) in [6.07, 6.45) is 6.17. The largest absolute Gasteiger partial charge is 0.374 e. The zero-order valence-electron chi connectivity index (χ0n) is 17.8. The third-order valence-corrected chi connectivity index (χ3v) is 6.44. The maximum Gasteiger partial charge on any atom is 0.251 e. The second kappa shape index (κ2) is 9.00. The minimum Gasteiger partial charge on any atom is -0.374 e. The first-order chi connectivity index (χ1) is 14.1. The van der Waals surface area contributed by atoms with Crippen molar-refractivity contribution < 1.29 is 4.79 Å². The summed E-state index contributed by atoms with van der Waals surface area (Å²) in [5.74, 6) is 0.0182. The highest BCUT2D eigenvalue weighted by molar-refractivity contribution is 5.94. The van der Waals surface area contributed by atoms with Crippen LogP contribution >= 0.6 is 0 Å². The minimum absolute atomic E-state index is 0.0182. The molecule has 0 saturated carbocycles. The van der Waals surface area contributed by atoms with Gasteiger partial charge in [0, 0.05) is 31.4 Å². The van der Waals surface area contributed by atoms with E-state index in [1.807, 2.05) is 31.2 Å². The molecule has 0 spiro atoms. The van der Waals surface area contributed by atoms with Gasteiger partial charge in [-0.3, -0.25) is 9.69 Å². The van der Waals surface area contributed by atoms with Gasteiger partial charge in [0.05, 0.1) is 6.04 Å². The summed E-state index contributed by atoms with van der Waals surface area (Å²) in [6, 6.07) is 15.0. The maximum absolute atomic E-state index is 12.7. The Morgan fingerprint density at radius 2 is 1.76 bits per heavy atom. The molecule has 1 fully saturated rings. The molecule has 2 aliphatic rings. The van der Waals surface area contributed by atoms with Gasteiger partial charge in [0.1, 0.15) is 0 Å². The first-order valence-electron chi connectivity index (χ1n) is 11.0. The number of carbonyl (C=O) groups is 1. The second-order valence-electron chi connectivity index (χ2n) is 8.60. The first-order valence-corrected chi connectivity index (χ1v) is 11.0. The maximum atomic E-state index is 12.7. The summed E-state index contributed by atoms with van der Waals surface area (Å²) in [5.41, 5.74) is 6.06. The van der Waals surface area contributed by atoms with Gasteiger partial charge in [-0.1, -0.05) is 36.2 Å². The zero-order chi connectivity index (χ0) is 20.2. The Bertz CT molecular complexity index is 840. The Morgan fingerprint density at radius 1 is 1.00 bits per heavy atom. The molecule has 4 rings (SSSR count). The van der Waals surface area contributed by atoms with Gasteiger partial charge in [-0.15, -0.1) is 0 Å². The highest BCUT2D eigenvalue weighted by Crippen LogP contribution is 2.31. The molecule has 1 atom stereocenters. The van der Waals surface area contributed by atoms with Crippen molar-refractivity contribution >= 4 is 11.6 Å². The van der Waals surface area contributed by atoms with E-state index in [9.17, 15) is 4.79 Å². The molecule has 4 heteroatoms. The lowest BCUT2D eigenvalue weighted by atomic mass is 9.95. The zero-order valence-corrected chi connectivity index (χ0v) is 17.8. The van der Waals surface area contributed by atoms with Crippen LogP contribution < -0.4 is 10.2 Å². The summed E-state index contributed by atoms with van der Waals surface area (Å²) < 4.78 is 0. The molecule has 2 heterocycles. The van der Waals surface area contributed by atoms with Gasteiger partial charge < -0.3 is 10.2 Å². The summed E-state index contributed by atoms with van der Waals surface area (Å²) >= 11 is 0. The van der Waals surface area contributed by atoms with Gasteiger partial charge in [-0.25, -0.2) is 0 Å². The number of carbonyl (C=O) groups excluding carboxylic acids is 1. The van der Waals surface area contributed by atoms with Crippen molar-refractivity contribution in [1.29, 1.82) is 0 Å². The number of amides is 1. The molecule has 0 aliphatic carbocycles. The van der Waals surface area contributed by atoms with Gasteiger partial charge in [0.15, 0.2) is 0 Å². The summed E-state index contributed by atoms with van der Waals surface area (Å²) in [5, 5.41) is 3.21. The molecule has 2 aromatic rings. The molecule has 2 aliphatic heterocycles. The fraction of sp³-hybridized carbons (Fsp3) is 0.480. The van der Waals surface area contributed by atoms with E-state index in [2.05, 4.69) is 40.4 Å². The van der Waals surface area contributed by atoms with Crippen LogP contribution in [0.2, 0.25) is 0 Å². The average Bonchev–Trinajstić information content (AvgIpc) is 2.75. The Hall–Kier alpha value is -2.33. The van der Waals surface area contributed by atoms with E-state index in [1.54, 1.807) is 0 Å². The van der Waals surface area contributed by atoms with E-state index in [0.29, 0.717) is 6.54 Å². The number of benzene rings is 2. The highest BCUT2D eigenvalue weighted by atomic mass is 16.1. The number of piperidine rings is 1. The number of fused-ring (bicyclic) bond motifs is 1. The van der Waals surface area contributed by atoms with Gasteiger partial charge >= 0.3 is 0 Å². The first kappa shape index (κ1) is 20.0. The molecule has 1 saturated heterocycles. The lowest BCUT2D eigenvalue weighted by Gasteiger charge is -2.36. The van der Waals surface area contributed by atoms with E-state index in [1.165, 1.54) is 48.1 Å². The Morgan fingerprint density at radius 3 is 2.52 bits per heavy atom. The fourth-order valence-electron chi connectivity index (χ4n) is 4.70. The quantitative estimate of drug-likeness (QED) is 0.824. The van der Waals surface area contributed by atoms with Gasteiger partial charge in [-0.05, 0) is 75.0 Å². The topological polar surface area (TPSA) is 35.6 Å². The van der Waals surface area contributed by atoms with Crippen molar-refractivity contribution in [2.24, 2.45) is 0 Å². The monoisotopic (exact) mass is 391 g/mol. The van der Waals surface area contributed by atoms with Crippen molar-refractivity contribution in [3.05, 3.63) is 64.7 Å². The van der Waals surface area contributed by atoms with Crippen molar-refractivity contribution in [3.8, 4) is 0 Å². The third-order valence-electron chi connectivity index (χ3n) is 6.44. The van der Waals surface area contributed by atoms with Gasteiger partial charge in [0.25, 0.3) is 5.91 Å². The number of nitrogens with one attached hydrogen (secondary N) is 1. The number of hydrogen-bond acceptors (Lipinski definition) is 3. The van der Waals surface area contributed by atoms with Crippen LogP contribution in [0, 0.1) is 6.92 Å². The molecule has 0 bridgehead atoms. The summed E-state index contributed by atoms with van der Waals surface area (Å²) in [7, 11) is 2.18. The number of likely N-dealkylation sites (tertiary alicyclic amines) is 1. The standard InChI is InChI=1S/C25H33N3O/c1-19-8-10-20(11-9-19)25(29)26-18-24(28-15-4-3-5-16-28)22-12-13-23-21(17-22)7-6-14-27(23)2/h8-13,17,24H,3-7,14-16,18H2,1-2H3,(H,26,29)/t24-/m1/s1. The lowest BCUT2D eigenvalue weighted by molar-refractivity contribution is 0.0924. The van der Waals surface area contributed by atoms with E-state index < -0.39 is 0 Å². The number of hydrogen-bond donors (Lipinski definition) is 1. The van der Waals surface area contributed by atoms with Crippen LogP contribution in [0.25, 0.3) is 0 Å². The average molecular weight is 392 g/mol. The molecule has 0 radical (unpaired) electrons. The molecule has 154 valence electrons. The number of aryl methyl sites for hydroxylation is 2. The Kier molecular flexibility index (Phi) is 6.19. The number of anilines is 1. The predicted molar refractivity (Wildman–Crippen MR) is 120 cm³/mol. The molecule has 2 aromatic carbocycles. The smallest absolute Gasteiger partial charge is 0.251 e. The molecule has 0 unspecified atom stereocenters. The van der Waals surface area contributed by atoms with Gasteiger partial charge in [-0.2, -0.15) is 0 Å². The second-order valence-corrected chi connectivity index (χ2v) is 8.60. The summed E-state index contributed by atoms with van der Waals surface area (Å²) in [6.45, 7) is 6.06. The summed E-state index contributed by atoms with van der Waals surface area (Å²) in [4.78, 5) is 17.6. The van der Waals surface area contributed by atoms with Crippen LogP contribution in [0.15, 0.2) is 42.5 Å². The van der Waals surface area contributed by atoms with E-state index >= 15 is 0 Å². The molecule has 0 aromatic heterocycles. The third kappa shape index (κ3) is 4.64. The Balaban J connectivity index is 1.53. The number of rotatable bonds is 5. The Labute approximate surface area is 174 Å². The van der Waals surface area contributed by atoms with E-state index in [-0.39, 0.29) is 11.9 Å². The van der Waals surface area contributed by atoms with Crippen molar-refractivity contribution in [1.82, 2.24) is 10.2 Å².